The van der Waals surface area contributed by atoms with Gasteiger partial charge >= 0.3 is 0 Å². The first-order valence-electron chi connectivity index (χ1n) is 6.72. The minimum absolute atomic E-state index is 0.104. The van der Waals surface area contributed by atoms with Crippen molar-refractivity contribution in [3.8, 4) is 0 Å². The number of nitrogens with two attached hydrogens (primary N) is 1. The molecule has 2 aromatic rings. The van der Waals surface area contributed by atoms with Crippen LogP contribution in [-0.4, -0.2) is 14.4 Å². The van der Waals surface area contributed by atoms with Crippen LogP contribution in [0.1, 0.15) is 21.6 Å². The van der Waals surface area contributed by atoms with Crippen LogP contribution in [0.15, 0.2) is 39.5 Å². The lowest BCUT2D eigenvalue weighted by Crippen LogP contribution is -2.37. The number of hydrogen-bond acceptors (Lipinski definition) is 4. The van der Waals surface area contributed by atoms with Gasteiger partial charge in [-0.05, 0) is 43.3 Å². The Morgan fingerprint density at radius 1 is 1.27 bits per heavy atom. The van der Waals surface area contributed by atoms with Gasteiger partial charge in [0.05, 0.1) is 11.4 Å². The van der Waals surface area contributed by atoms with E-state index < -0.39 is 10.0 Å². The molecule has 1 aromatic carbocycles. The Kier molecular flexibility index (Phi) is 4.87. The maximum atomic E-state index is 12.5. The zero-order valence-electron chi connectivity index (χ0n) is 12.8. The summed E-state index contributed by atoms with van der Waals surface area (Å²) in [5, 5.41) is 1.93. The topological polar surface area (TPSA) is 84.5 Å². The molecule has 0 saturated carbocycles. The smallest absolute Gasteiger partial charge is 0.264 e. The first-order chi connectivity index (χ1) is 10.3. The third-order valence-electron chi connectivity index (χ3n) is 3.10. The fourth-order valence-corrected chi connectivity index (χ4v) is 4.41. The number of sulfonamides is 1. The van der Waals surface area contributed by atoms with Gasteiger partial charge in [-0.3, -0.25) is 0 Å². The molecule has 0 spiro atoms. The Hall–Kier alpha value is -1.86. The average molecular weight is 337 g/mol. The Morgan fingerprint density at radius 3 is 2.45 bits per heavy atom. The SMILES string of the molecule is Cc1cc(C)c(S(=O)(=O)NC(N)=NCc2cccs2)c(C)c1. The van der Waals surface area contributed by atoms with E-state index >= 15 is 0 Å². The zero-order valence-corrected chi connectivity index (χ0v) is 14.4. The van der Waals surface area contributed by atoms with Crippen LogP contribution in [0.5, 0.6) is 0 Å². The minimum atomic E-state index is -3.73. The van der Waals surface area contributed by atoms with Crippen LogP contribution in [0.4, 0.5) is 0 Å². The molecule has 3 N–H and O–H groups in total. The standard InChI is InChI=1S/C15H19N3O2S2/c1-10-7-11(2)14(12(3)8-10)22(19,20)18-15(16)17-9-13-5-4-6-21-13/h4-8H,9H2,1-3H3,(H3,16,17,18). The van der Waals surface area contributed by atoms with Gasteiger partial charge < -0.3 is 5.73 Å². The molecule has 0 aliphatic heterocycles. The molecule has 0 aliphatic carbocycles. The molecular weight excluding hydrogens is 318 g/mol. The number of rotatable bonds is 4. The lowest BCUT2D eigenvalue weighted by atomic mass is 10.1. The van der Waals surface area contributed by atoms with Crippen LogP contribution in [0.3, 0.4) is 0 Å². The van der Waals surface area contributed by atoms with Gasteiger partial charge in [-0.15, -0.1) is 11.3 Å². The van der Waals surface area contributed by atoms with Crippen LogP contribution >= 0.6 is 11.3 Å². The number of thiophene rings is 1. The molecule has 22 heavy (non-hydrogen) atoms. The number of benzene rings is 1. The molecule has 0 saturated heterocycles. The quantitative estimate of drug-likeness (QED) is 0.664. The number of guanidine groups is 1. The summed E-state index contributed by atoms with van der Waals surface area (Å²) in [6, 6.07) is 7.50. The number of nitrogens with zero attached hydrogens (tertiary/aromatic N) is 1. The lowest BCUT2D eigenvalue weighted by molar-refractivity contribution is 0.591. The van der Waals surface area contributed by atoms with Crippen molar-refractivity contribution in [1.29, 1.82) is 0 Å². The van der Waals surface area contributed by atoms with Gasteiger partial charge in [0.1, 0.15) is 0 Å². The maximum Gasteiger partial charge on any atom is 0.264 e. The van der Waals surface area contributed by atoms with Gasteiger partial charge in [-0.1, -0.05) is 23.8 Å². The summed E-state index contributed by atoms with van der Waals surface area (Å²) < 4.78 is 27.3. The Bertz CT molecular complexity index is 771. The van der Waals surface area contributed by atoms with Crippen molar-refractivity contribution in [2.24, 2.45) is 10.7 Å². The zero-order chi connectivity index (χ0) is 16.3. The summed E-state index contributed by atoms with van der Waals surface area (Å²) >= 11 is 1.55. The molecule has 0 aliphatic rings. The summed E-state index contributed by atoms with van der Waals surface area (Å²) in [6.07, 6.45) is 0. The van der Waals surface area contributed by atoms with Gasteiger partial charge in [0.15, 0.2) is 0 Å². The molecule has 0 bridgehead atoms. The van der Waals surface area contributed by atoms with E-state index in [-0.39, 0.29) is 10.9 Å². The third-order valence-corrected chi connectivity index (χ3v) is 5.62. The third kappa shape index (κ3) is 3.86. The Balaban J connectivity index is 2.22. The normalized spacial score (nSPS) is 12.4. The number of aryl methyl sites for hydroxylation is 3. The number of aliphatic imine (C=N–C) groups is 1. The van der Waals surface area contributed by atoms with E-state index in [1.807, 2.05) is 36.6 Å². The monoisotopic (exact) mass is 337 g/mol. The second-order valence-corrected chi connectivity index (χ2v) is 7.77. The van der Waals surface area contributed by atoms with Crippen LogP contribution < -0.4 is 10.5 Å². The Labute approximate surface area is 134 Å². The Morgan fingerprint density at radius 2 is 1.91 bits per heavy atom. The predicted octanol–water partition coefficient (Wildman–Crippen LogP) is 2.47. The van der Waals surface area contributed by atoms with Crippen molar-refractivity contribution in [3.05, 3.63) is 51.2 Å². The number of nitrogens with one attached hydrogen (secondary N) is 1. The van der Waals surface area contributed by atoms with Crippen LogP contribution in [0.25, 0.3) is 0 Å². The molecule has 1 aromatic heterocycles. The van der Waals surface area contributed by atoms with E-state index in [2.05, 4.69) is 9.71 Å². The fraction of sp³-hybridized carbons (Fsp3) is 0.267. The molecule has 1 heterocycles. The molecule has 5 nitrogen and oxygen atoms in total. The van der Waals surface area contributed by atoms with Crippen molar-refractivity contribution in [3.63, 3.8) is 0 Å². The molecule has 0 radical (unpaired) electrons. The van der Waals surface area contributed by atoms with Crippen molar-refractivity contribution in [2.45, 2.75) is 32.2 Å². The highest BCUT2D eigenvalue weighted by Gasteiger charge is 2.20. The fourth-order valence-electron chi connectivity index (χ4n) is 2.38. The molecule has 0 unspecified atom stereocenters. The second kappa shape index (κ2) is 6.50. The second-order valence-electron chi connectivity index (χ2n) is 5.11. The van der Waals surface area contributed by atoms with Crippen molar-refractivity contribution in [2.75, 3.05) is 0 Å². The van der Waals surface area contributed by atoms with Gasteiger partial charge in [0.25, 0.3) is 10.0 Å². The molecule has 0 amide bonds. The summed E-state index contributed by atoms with van der Waals surface area (Å²) in [4.78, 5) is 5.34. The van der Waals surface area contributed by atoms with Crippen molar-refractivity contribution < 1.29 is 8.42 Å². The summed E-state index contributed by atoms with van der Waals surface area (Å²) in [5.74, 6) is -0.104. The first-order valence-corrected chi connectivity index (χ1v) is 9.09. The van der Waals surface area contributed by atoms with Crippen LogP contribution in [-0.2, 0) is 16.6 Å². The van der Waals surface area contributed by atoms with E-state index in [1.165, 1.54) is 0 Å². The van der Waals surface area contributed by atoms with Gasteiger partial charge in [0.2, 0.25) is 5.96 Å². The van der Waals surface area contributed by atoms with Crippen molar-refractivity contribution in [1.82, 2.24) is 4.72 Å². The first kappa shape index (κ1) is 16.5. The summed E-state index contributed by atoms with van der Waals surface area (Å²) in [5.41, 5.74) is 8.11. The summed E-state index contributed by atoms with van der Waals surface area (Å²) in [7, 11) is -3.73. The molecule has 2 rings (SSSR count). The lowest BCUT2D eigenvalue weighted by Gasteiger charge is -2.13. The van der Waals surface area contributed by atoms with E-state index in [9.17, 15) is 8.42 Å². The van der Waals surface area contributed by atoms with Gasteiger partial charge in [-0.25, -0.2) is 18.1 Å². The van der Waals surface area contributed by atoms with Crippen LogP contribution in [0, 0.1) is 20.8 Å². The van der Waals surface area contributed by atoms with E-state index in [0.29, 0.717) is 17.7 Å². The molecule has 0 fully saturated rings. The molecule has 0 atom stereocenters. The predicted molar refractivity (Wildman–Crippen MR) is 90.6 cm³/mol. The molecule has 7 heteroatoms. The minimum Gasteiger partial charge on any atom is -0.369 e. The van der Waals surface area contributed by atoms with Crippen molar-refractivity contribution >= 4 is 27.3 Å². The van der Waals surface area contributed by atoms with E-state index in [1.54, 1.807) is 25.2 Å². The number of hydrogen-bond donors (Lipinski definition) is 2. The van der Waals surface area contributed by atoms with Crippen LogP contribution in [0.2, 0.25) is 0 Å². The highest BCUT2D eigenvalue weighted by molar-refractivity contribution is 7.90. The van der Waals surface area contributed by atoms with Gasteiger partial charge in [0, 0.05) is 4.88 Å². The van der Waals surface area contributed by atoms with E-state index in [0.717, 1.165) is 10.4 Å². The van der Waals surface area contributed by atoms with Gasteiger partial charge in [-0.2, -0.15) is 0 Å². The molecular formula is C15H19N3O2S2. The molecule has 118 valence electrons. The highest BCUT2D eigenvalue weighted by Crippen LogP contribution is 2.21. The maximum absolute atomic E-state index is 12.5. The van der Waals surface area contributed by atoms with E-state index in [4.69, 9.17) is 5.73 Å². The largest absolute Gasteiger partial charge is 0.369 e. The average Bonchev–Trinajstić information content (AvgIpc) is 2.86. The summed E-state index contributed by atoms with van der Waals surface area (Å²) in [6.45, 7) is 5.83. The highest BCUT2D eigenvalue weighted by atomic mass is 32.2.